The summed E-state index contributed by atoms with van der Waals surface area (Å²) >= 11 is 5.81. The lowest BCUT2D eigenvalue weighted by Crippen LogP contribution is -2.43. The molecule has 1 heterocycles. The number of halogens is 1. The first kappa shape index (κ1) is 16.5. The van der Waals surface area contributed by atoms with E-state index in [-0.39, 0.29) is 11.9 Å². The molecule has 0 saturated carbocycles. The normalized spacial score (nSPS) is 17.3. The van der Waals surface area contributed by atoms with E-state index in [2.05, 4.69) is 0 Å². The number of carbonyl (C=O) groups excluding carboxylic acids is 2. The van der Waals surface area contributed by atoms with Crippen LogP contribution in [0, 0.1) is 0 Å². The van der Waals surface area contributed by atoms with Gasteiger partial charge >= 0.3 is 5.97 Å². The van der Waals surface area contributed by atoms with E-state index in [0.717, 1.165) is 17.7 Å². The molecule has 1 aliphatic heterocycles. The summed E-state index contributed by atoms with van der Waals surface area (Å²) < 4.78 is 5.34. The maximum absolute atomic E-state index is 12.8. The van der Waals surface area contributed by atoms with Crippen molar-refractivity contribution in [2.24, 2.45) is 0 Å². The van der Waals surface area contributed by atoms with Crippen molar-refractivity contribution in [2.75, 3.05) is 4.90 Å². The number of benzene rings is 2. The molecule has 0 unspecified atom stereocenters. The minimum atomic E-state index is -0.859. The number of para-hydroxylation sites is 1. The lowest BCUT2D eigenvalue weighted by molar-refractivity contribution is -0.126. The van der Waals surface area contributed by atoms with Crippen molar-refractivity contribution >= 4 is 29.2 Å². The topological polar surface area (TPSA) is 46.6 Å². The molecule has 0 bridgehead atoms. The molecule has 2 aromatic carbocycles. The average molecular weight is 344 g/mol. The molecule has 3 rings (SSSR count). The first-order chi connectivity index (χ1) is 11.5. The molecule has 0 radical (unpaired) electrons. The lowest BCUT2D eigenvalue weighted by Gasteiger charge is -2.25. The molecular formula is C19H18ClNO3. The van der Waals surface area contributed by atoms with Gasteiger partial charge in [0, 0.05) is 16.8 Å². The van der Waals surface area contributed by atoms with E-state index in [1.165, 1.54) is 0 Å². The zero-order valence-electron chi connectivity index (χ0n) is 13.5. The molecule has 2 aromatic rings. The summed E-state index contributed by atoms with van der Waals surface area (Å²) in [4.78, 5) is 26.7. The van der Waals surface area contributed by atoms with Crippen LogP contribution in [0.15, 0.2) is 48.5 Å². The highest BCUT2D eigenvalue weighted by molar-refractivity contribution is 6.30. The fourth-order valence-electron chi connectivity index (χ4n) is 2.96. The molecule has 0 spiro atoms. The third-order valence-electron chi connectivity index (χ3n) is 4.16. The van der Waals surface area contributed by atoms with Gasteiger partial charge in [-0.3, -0.25) is 4.79 Å². The van der Waals surface area contributed by atoms with Crippen LogP contribution < -0.4 is 4.90 Å². The summed E-state index contributed by atoms with van der Waals surface area (Å²) in [6, 6.07) is 14.2. The Morgan fingerprint density at radius 1 is 1.17 bits per heavy atom. The number of esters is 1. The van der Waals surface area contributed by atoms with E-state index in [9.17, 15) is 9.59 Å². The van der Waals surface area contributed by atoms with Crippen molar-refractivity contribution in [3.8, 4) is 0 Å². The van der Waals surface area contributed by atoms with Crippen molar-refractivity contribution < 1.29 is 14.3 Å². The van der Waals surface area contributed by atoms with Gasteiger partial charge in [-0.05, 0) is 56.2 Å². The number of rotatable bonds is 3. The summed E-state index contributed by atoms with van der Waals surface area (Å²) in [6.07, 6.45) is -0.0541. The van der Waals surface area contributed by atoms with Gasteiger partial charge in [-0.2, -0.15) is 0 Å². The van der Waals surface area contributed by atoms with Crippen LogP contribution in [0.5, 0.6) is 0 Å². The van der Waals surface area contributed by atoms with Gasteiger partial charge in [0.25, 0.3) is 5.91 Å². The zero-order valence-corrected chi connectivity index (χ0v) is 14.3. The quantitative estimate of drug-likeness (QED) is 0.795. The van der Waals surface area contributed by atoms with E-state index in [1.54, 1.807) is 36.1 Å². The Morgan fingerprint density at radius 2 is 1.83 bits per heavy atom. The smallest absolute Gasteiger partial charge is 0.338 e. The Hall–Kier alpha value is -2.33. The molecule has 24 heavy (non-hydrogen) atoms. The van der Waals surface area contributed by atoms with Gasteiger partial charge in [-0.15, -0.1) is 0 Å². The molecule has 4 nitrogen and oxygen atoms in total. The van der Waals surface area contributed by atoms with Crippen LogP contribution in [-0.2, 0) is 16.0 Å². The molecule has 0 N–H and O–H groups in total. The summed E-state index contributed by atoms with van der Waals surface area (Å²) in [5.74, 6) is -0.748. The Kier molecular flexibility index (Phi) is 4.58. The summed E-state index contributed by atoms with van der Waals surface area (Å²) in [5, 5.41) is 0.540. The van der Waals surface area contributed by atoms with Gasteiger partial charge in [0.2, 0.25) is 0 Å². The number of ether oxygens (including phenoxy) is 1. The Labute approximate surface area is 146 Å². The van der Waals surface area contributed by atoms with Crippen LogP contribution in [0.2, 0.25) is 5.02 Å². The number of hydrogen-bond donors (Lipinski definition) is 0. The zero-order chi connectivity index (χ0) is 17.3. The summed E-state index contributed by atoms with van der Waals surface area (Å²) in [5.41, 5.74) is 2.40. The predicted molar refractivity (Wildman–Crippen MR) is 93.4 cm³/mol. The van der Waals surface area contributed by atoms with Crippen LogP contribution in [0.1, 0.15) is 29.8 Å². The number of nitrogens with zero attached hydrogens (tertiary/aromatic N) is 1. The van der Waals surface area contributed by atoms with Crippen LogP contribution in [-0.4, -0.2) is 24.0 Å². The van der Waals surface area contributed by atoms with Gasteiger partial charge in [0.05, 0.1) is 5.56 Å². The summed E-state index contributed by atoms with van der Waals surface area (Å²) in [6.45, 7) is 3.59. The minimum Gasteiger partial charge on any atom is -0.449 e. The molecule has 5 heteroatoms. The van der Waals surface area contributed by atoms with Crippen LogP contribution in [0.25, 0.3) is 0 Å². The van der Waals surface area contributed by atoms with Gasteiger partial charge in [0.15, 0.2) is 6.10 Å². The fourth-order valence-corrected chi connectivity index (χ4v) is 3.09. The predicted octanol–water partition coefficient (Wildman–Crippen LogP) is 3.86. The molecular weight excluding hydrogens is 326 g/mol. The van der Waals surface area contributed by atoms with Gasteiger partial charge in [-0.25, -0.2) is 4.79 Å². The van der Waals surface area contributed by atoms with E-state index in [0.29, 0.717) is 10.6 Å². The van der Waals surface area contributed by atoms with E-state index >= 15 is 0 Å². The standard InChI is InChI=1S/C19H18ClNO3/c1-12-11-15-5-3-4-6-17(15)21(12)18(22)13(2)24-19(23)14-7-9-16(20)10-8-14/h3-10,12-13H,11H2,1-2H3/t12-,13-/m0/s1. The first-order valence-corrected chi connectivity index (χ1v) is 8.22. The first-order valence-electron chi connectivity index (χ1n) is 7.85. The maximum atomic E-state index is 12.8. The van der Waals surface area contributed by atoms with Crippen molar-refractivity contribution in [3.63, 3.8) is 0 Å². The van der Waals surface area contributed by atoms with Crippen LogP contribution in [0.3, 0.4) is 0 Å². The van der Waals surface area contributed by atoms with Crippen molar-refractivity contribution in [3.05, 3.63) is 64.7 Å². The fraction of sp³-hybridized carbons (Fsp3) is 0.263. The highest BCUT2D eigenvalue weighted by Gasteiger charge is 2.34. The molecule has 0 aliphatic carbocycles. The summed E-state index contributed by atoms with van der Waals surface area (Å²) in [7, 11) is 0. The molecule has 0 fully saturated rings. The highest BCUT2D eigenvalue weighted by atomic mass is 35.5. The molecule has 1 amide bonds. The number of hydrogen-bond acceptors (Lipinski definition) is 3. The second-order valence-corrected chi connectivity index (χ2v) is 6.38. The number of fused-ring (bicyclic) bond motifs is 1. The van der Waals surface area contributed by atoms with Crippen molar-refractivity contribution in [1.29, 1.82) is 0 Å². The van der Waals surface area contributed by atoms with Gasteiger partial charge in [-0.1, -0.05) is 29.8 Å². The molecule has 0 aromatic heterocycles. The van der Waals surface area contributed by atoms with Crippen LogP contribution >= 0.6 is 11.6 Å². The van der Waals surface area contributed by atoms with E-state index in [1.807, 2.05) is 31.2 Å². The van der Waals surface area contributed by atoms with Gasteiger partial charge < -0.3 is 9.64 Å². The lowest BCUT2D eigenvalue weighted by atomic mass is 10.1. The van der Waals surface area contributed by atoms with Crippen LogP contribution in [0.4, 0.5) is 5.69 Å². The second kappa shape index (κ2) is 6.65. The Balaban J connectivity index is 1.73. The van der Waals surface area contributed by atoms with Crippen molar-refractivity contribution in [2.45, 2.75) is 32.4 Å². The minimum absolute atomic E-state index is 0.0478. The number of amides is 1. The molecule has 0 saturated heterocycles. The third-order valence-corrected chi connectivity index (χ3v) is 4.41. The SMILES string of the molecule is C[C@H](OC(=O)c1ccc(Cl)cc1)C(=O)N1c2ccccc2C[C@@H]1C. The highest BCUT2D eigenvalue weighted by Crippen LogP contribution is 2.32. The van der Waals surface area contributed by atoms with Gasteiger partial charge in [0.1, 0.15) is 0 Å². The largest absolute Gasteiger partial charge is 0.449 e. The monoisotopic (exact) mass is 343 g/mol. The van der Waals surface area contributed by atoms with Crippen molar-refractivity contribution in [1.82, 2.24) is 0 Å². The molecule has 124 valence electrons. The third kappa shape index (κ3) is 3.15. The average Bonchev–Trinajstić information content (AvgIpc) is 2.90. The van der Waals surface area contributed by atoms with E-state index in [4.69, 9.17) is 16.3 Å². The number of carbonyl (C=O) groups is 2. The maximum Gasteiger partial charge on any atom is 0.338 e. The van der Waals surface area contributed by atoms with E-state index < -0.39 is 12.1 Å². The Morgan fingerprint density at radius 3 is 2.54 bits per heavy atom. The molecule has 1 aliphatic rings. The second-order valence-electron chi connectivity index (χ2n) is 5.94. The Bertz CT molecular complexity index is 772. The molecule has 2 atom stereocenters. The number of anilines is 1.